The maximum absolute atomic E-state index is 14.1. The molecule has 4 rings (SSSR count). The third-order valence-electron chi connectivity index (χ3n) is 6.32. The number of rotatable bonds is 10. The second-order valence-corrected chi connectivity index (χ2v) is 10.3. The normalized spacial score (nSPS) is 15.0. The van der Waals surface area contributed by atoms with Crippen LogP contribution in [0.2, 0.25) is 0 Å². The summed E-state index contributed by atoms with van der Waals surface area (Å²) < 4.78 is 34.6. The standard InChI is InChI=1S/C25H29F2N5O4S/c1-2-3-10-36-22-20(24(34)35)32(14-25(28)6-8-29-9-7-25)13-17(21(22)33)23-31-30-19(37-23)11-15-4-5-16(26)12-18(15)27/h4-5,12-13,29H,2-3,6-11,14,28H2,1H3,(H,34,35). The molecule has 0 unspecified atom stereocenters. The number of carbonyl (C=O) groups is 1. The van der Waals surface area contributed by atoms with E-state index in [1.54, 1.807) is 0 Å². The molecule has 1 aliphatic heterocycles. The van der Waals surface area contributed by atoms with Gasteiger partial charge in [0.1, 0.15) is 16.6 Å². The van der Waals surface area contributed by atoms with Gasteiger partial charge in [-0.2, -0.15) is 0 Å². The van der Waals surface area contributed by atoms with E-state index in [4.69, 9.17) is 10.5 Å². The number of pyridine rings is 1. The number of ether oxygens (including phenoxy) is 1. The van der Waals surface area contributed by atoms with Crippen LogP contribution >= 0.6 is 11.3 Å². The molecule has 3 heterocycles. The van der Waals surface area contributed by atoms with Crippen LogP contribution in [-0.2, 0) is 13.0 Å². The van der Waals surface area contributed by atoms with Gasteiger partial charge in [0.2, 0.25) is 5.43 Å². The number of nitrogens with zero attached hydrogens (tertiary/aromatic N) is 3. The molecule has 0 aliphatic carbocycles. The van der Waals surface area contributed by atoms with Crippen molar-refractivity contribution in [3.8, 4) is 16.3 Å². The third-order valence-corrected chi connectivity index (χ3v) is 7.28. The number of halogens is 2. The highest BCUT2D eigenvalue weighted by Gasteiger charge is 2.32. The minimum atomic E-state index is -1.29. The van der Waals surface area contributed by atoms with Gasteiger partial charge in [-0.15, -0.1) is 10.2 Å². The van der Waals surface area contributed by atoms with Crippen LogP contribution in [0.1, 0.15) is 53.7 Å². The van der Waals surface area contributed by atoms with Crippen molar-refractivity contribution in [1.29, 1.82) is 0 Å². The summed E-state index contributed by atoms with van der Waals surface area (Å²) >= 11 is 1.07. The Kier molecular flexibility index (Phi) is 8.30. The largest absolute Gasteiger partial charge is 0.487 e. The molecule has 37 heavy (non-hydrogen) atoms. The number of hydrogen-bond donors (Lipinski definition) is 3. The minimum Gasteiger partial charge on any atom is -0.487 e. The lowest BCUT2D eigenvalue weighted by Crippen LogP contribution is -2.52. The Balaban J connectivity index is 1.76. The molecule has 0 radical (unpaired) electrons. The number of carboxylic acid groups (broad SMARTS) is 1. The molecule has 4 N–H and O–H groups in total. The summed E-state index contributed by atoms with van der Waals surface area (Å²) in [6.07, 6.45) is 4.20. The maximum Gasteiger partial charge on any atom is 0.356 e. The Morgan fingerprint density at radius 3 is 2.73 bits per heavy atom. The molecule has 1 fully saturated rings. The topological polar surface area (TPSA) is 132 Å². The van der Waals surface area contributed by atoms with Crippen LogP contribution in [0.5, 0.6) is 5.75 Å². The average molecular weight is 534 g/mol. The summed E-state index contributed by atoms with van der Waals surface area (Å²) in [7, 11) is 0. The van der Waals surface area contributed by atoms with E-state index in [1.807, 2.05) is 6.92 Å². The monoisotopic (exact) mass is 533 g/mol. The van der Waals surface area contributed by atoms with E-state index in [-0.39, 0.29) is 47.2 Å². The van der Waals surface area contributed by atoms with Crippen LogP contribution in [0.3, 0.4) is 0 Å². The van der Waals surface area contributed by atoms with Gasteiger partial charge >= 0.3 is 5.97 Å². The summed E-state index contributed by atoms with van der Waals surface area (Å²) in [4.78, 5) is 25.8. The minimum absolute atomic E-state index is 0.0595. The first-order valence-electron chi connectivity index (χ1n) is 12.1. The van der Waals surface area contributed by atoms with E-state index in [9.17, 15) is 23.5 Å². The smallest absolute Gasteiger partial charge is 0.356 e. The van der Waals surface area contributed by atoms with Crippen molar-refractivity contribution in [3.63, 3.8) is 0 Å². The van der Waals surface area contributed by atoms with Gasteiger partial charge in [0.25, 0.3) is 0 Å². The molecule has 1 saturated heterocycles. The Labute approximate surface area is 216 Å². The Morgan fingerprint density at radius 1 is 1.30 bits per heavy atom. The predicted octanol–water partition coefficient (Wildman–Crippen LogP) is 3.19. The number of benzene rings is 1. The highest BCUT2D eigenvalue weighted by molar-refractivity contribution is 7.14. The number of nitrogens with one attached hydrogen (secondary N) is 1. The highest BCUT2D eigenvalue weighted by atomic mass is 32.1. The van der Waals surface area contributed by atoms with Crippen molar-refractivity contribution in [1.82, 2.24) is 20.1 Å². The van der Waals surface area contributed by atoms with E-state index in [0.717, 1.165) is 29.9 Å². The van der Waals surface area contributed by atoms with Crippen molar-refractivity contribution in [3.05, 3.63) is 62.5 Å². The molecule has 0 atom stereocenters. The second-order valence-electron chi connectivity index (χ2n) is 9.21. The first-order valence-corrected chi connectivity index (χ1v) is 12.9. The van der Waals surface area contributed by atoms with Gasteiger partial charge in [-0.25, -0.2) is 13.6 Å². The lowest BCUT2D eigenvalue weighted by atomic mass is 9.89. The zero-order valence-electron chi connectivity index (χ0n) is 20.4. The van der Waals surface area contributed by atoms with Crippen LogP contribution in [-0.4, -0.2) is 51.1 Å². The first-order chi connectivity index (χ1) is 17.7. The Bertz CT molecular complexity index is 1340. The van der Waals surface area contributed by atoms with Crippen molar-refractivity contribution < 1.29 is 23.4 Å². The van der Waals surface area contributed by atoms with E-state index in [2.05, 4.69) is 15.5 Å². The number of piperidine rings is 1. The summed E-state index contributed by atoms with van der Waals surface area (Å²) in [5.41, 5.74) is 5.43. The molecule has 2 aromatic heterocycles. The number of nitrogens with two attached hydrogens (primary N) is 1. The van der Waals surface area contributed by atoms with Crippen molar-refractivity contribution >= 4 is 17.3 Å². The molecular formula is C25H29F2N5O4S. The SMILES string of the molecule is CCCCOc1c(C(=O)O)n(CC2(N)CCNCC2)cc(-c2nnc(Cc3ccc(F)cc3F)s2)c1=O. The molecule has 1 aromatic carbocycles. The number of hydrogen-bond acceptors (Lipinski definition) is 8. The van der Waals surface area contributed by atoms with E-state index in [0.29, 0.717) is 37.4 Å². The second kappa shape index (κ2) is 11.4. The Morgan fingerprint density at radius 2 is 2.05 bits per heavy atom. The van der Waals surface area contributed by atoms with Gasteiger partial charge in [0.05, 0.1) is 12.2 Å². The molecule has 3 aromatic rings. The van der Waals surface area contributed by atoms with E-state index in [1.165, 1.54) is 16.8 Å². The fourth-order valence-corrected chi connectivity index (χ4v) is 5.14. The Hall–Kier alpha value is -3.22. The van der Waals surface area contributed by atoms with Crippen LogP contribution in [0.4, 0.5) is 8.78 Å². The molecule has 198 valence electrons. The molecule has 0 spiro atoms. The van der Waals surface area contributed by atoms with Crippen molar-refractivity contribution in [2.24, 2.45) is 5.73 Å². The summed E-state index contributed by atoms with van der Waals surface area (Å²) in [6.45, 7) is 3.70. The molecule has 1 aliphatic rings. The maximum atomic E-state index is 14.1. The van der Waals surface area contributed by atoms with Crippen LogP contribution in [0.15, 0.2) is 29.2 Å². The van der Waals surface area contributed by atoms with Gasteiger partial charge in [0.15, 0.2) is 16.5 Å². The van der Waals surface area contributed by atoms with Gasteiger partial charge in [0, 0.05) is 30.8 Å². The third kappa shape index (κ3) is 6.20. The van der Waals surface area contributed by atoms with Gasteiger partial charge in [-0.05, 0) is 44.0 Å². The summed E-state index contributed by atoms with van der Waals surface area (Å²) in [5.74, 6) is -2.94. The zero-order chi connectivity index (χ0) is 26.6. The number of aromatic nitrogens is 3. The van der Waals surface area contributed by atoms with Gasteiger partial charge in [-0.1, -0.05) is 30.7 Å². The highest BCUT2D eigenvalue weighted by Crippen LogP contribution is 2.29. The molecule has 9 nitrogen and oxygen atoms in total. The lowest BCUT2D eigenvalue weighted by Gasteiger charge is -2.35. The number of aromatic carboxylic acids is 1. The zero-order valence-corrected chi connectivity index (χ0v) is 21.2. The first kappa shape index (κ1) is 26.8. The number of unbranched alkanes of at least 4 members (excludes halogenated alkanes) is 1. The van der Waals surface area contributed by atoms with Crippen molar-refractivity contribution in [2.45, 2.75) is 51.1 Å². The molecular weight excluding hydrogens is 504 g/mol. The molecule has 12 heteroatoms. The van der Waals surface area contributed by atoms with Gasteiger partial charge in [-0.3, -0.25) is 4.79 Å². The summed E-state index contributed by atoms with van der Waals surface area (Å²) in [6, 6.07) is 3.29. The molecule has 0 amide bonds. The molecule has 0 bridgehead atoms. The van der Waals surface area contributed by atoms with E-state index >= 15 is 0 Å². The lowest BCUT2D eigenvalue weighted by molar-refractivity contribution is 0.0675. The van der Waals surface area contributed by atoms with Crippen LogP contribution in [0.25, 0.3) is 10.6 Å². The fraction of sp³-hybridized carbons (Fsp3) is 0.440. The number of carboxylic acids is 1. The quantitative estimate of drug-likeness (QED) is 0.339. The van der Waals surface area contributed by atoms with Crippen LogP contribution < -0.4 is 21.2 Å². The van der Waals surface area contributed by atoms with E-state index < -0.39 is 28.6 Å². The average Bonchev–Trinajstić information content (AvgIpc) is 3.31. The van der Waals surface area contributed by atoms with Crippen LogP contribution in [0, 0.1) is 11.6 Å². The van der Waals surface area contributed by atoms with Gasteiger partial charge < -0.3 is 25.5 Å². The predicted molar refractivity (Wildman–Crippen MR) is 135 cm³/mol. The molecule has 0 saturated carbocycles. The summed E-state index contributed by atoms with van der Waals surface area (Å²) in [5, 5.41) is 22.1. The van der Waals surface area contributed by atoms with Crippen molar-refractivity contribution in [2.75, 3.05) is 19.7 Å². The fourth-order valence-electron chi connectivity index (χ4n) is 4.27.